The van der Waals surface area contributed by atoms with Crippen LogP contribution in [0.1, 0.15) is 0 Å². The van der Waals surface area contributed by atoms with Gasteiger partial charge in [-0.05, 0) is 23.8 Å². The molecular weight excluding hydrogens is 763 g/mol. The van der Waals surface area contributed by atoms with Crippen LogP contribution in [0.15, 0.2) is 200 Å². The first-order chi connectivity index (χ1) is 30.8. The number of benzene rings is 7. The molecule has 0 unspecified atom stereocenters. The summed E-state index contributed by atoms with van der Waals surface area (Å²) >= 11 is 0. The Kier molecular flexibility index (Phi) is 8.27. The Hall–Kier alpha value is -8.69. The summed E-state index contributed by atoms with van der Waals surface area (Å²) in [6.07, 6.45) is 3.89. The van der Waals surface area contributed by atoms with Crippen LogP contribution < -0.4 is 0 Å². The van der Waals surface area contributed by atoms with Crippen LogP contribution in [-0.4, -0.2) is 44.0 Å². The van der Waals surface area contributed by atoms with Crippen LogP contribution in [-0.2, 0) is 0 Å². The quantitative estimate of drug-likeness (QED) is 0.158. The maximum atomic E-state index is 5.17. The minimum Gasteiger partial charge on any atom is -0.278 e. The molecule has 5 heterocycles. The largest absolute Gasteiger partial charge is 0.278 e. The van der Waals surface area contributed by atoms with Gasteiger partial charge in [-0.2, -0.15) is 19.9 Å². The molecule has 0 bridgehead atoms. The number of nitrogens with zero attached hydrogens (tertiary/aromatic N) is 9. The molecule has 5 aromatic heterocycles. The second kappa shape index (κ2) is 14.5. The van der Waals surface area contributed by atoms with Crippen LogP contribution in [0.25, 0.3) is 112 Å². The van der Waals surface area contributed by atoms with E-state index in [4.69, 9.17) is 34.9 Å². The SMILES string of the molecule is c1ccc(-c2nc(-c3ccccc3)nc(-n3c4ccccc4c4c(-c5cncc6c5c5ccccc5n6-c5nc(-c6ccccc6)nc(-c6ccccc6)n5)cccc43)n2)cc1. The van der Waals surface area contributed by atoms with Crippen molar-refractivity contribution in [1.82, 2.24) is 44.0 Å². The third-order valence-corrected chi connectivity index (χ3v) is 11.3. The fourth-order valence-electron chi connectivity index (χ4n) is 8.59. The second-order valence-electron chi connectivity index (χ2n) is 15.0. The van der Waals surface area contributed by atoms with Crippen molar-refractivity contribution in [3.8, 4) is 68.6 Å². The second-order valence-corrected chi connectivity index (χ2v) is 15.0. The maximum Gasteiger partial charge on any atom is 0.238 e. The van der Waals surface area contributed by atoms with Crippen molar-refractivity contribution in [3.05, 3.63) is 200 Å². The normalized spacial score (nSPS) is 11.5. The Morgan fingerprint density at radius 1 is 0.274 bits per heavy atom. The van der Waals surface area contributed by atoms with Gasteiger partial charge in [-0.3, -0.25) is 14.1 Å². The molecule has 12 aromatic rings. The summed E-state index contributed by atoms with van der Waals surface area (Å²) in [5.41, 5.74) is 9.43. The van der Waals surface area contributed by atoms with Gasteiger partial charge in [0.2, 0.25) is 11.9 Å². The highest BCUT2D eigenvalue weighted by Crippen LogP contribution is 2.43. The highest BCUT2D eigenvalue weighted by molar-refractivity contribution is 6.21. The topological polar surface area (TPSA) is 100 Å². The highest BCUT2D eigenvalue weighted by atomic mass is 15.2. The molecular formula is C53H33N9. The smallest absolute Gasteiger partial charge is 0.238 e. The van der Waals surface area contributed by atoms with Crippen molar-refractivity contribution in [2.75, 3.05) is 0 Å². The lowest BCUT2D eigenvalue weighted by Crippen LogP contribution is -2.06. The predicted octanol–water partition coefficient (Wildman–Crippen LogP) is 12.0. The Morgan fingerprint density at radius 3 is 1.10 bits per heavy atom. The van der Waals surface area contributed by atoms with Crippen LogP contribution in [0.4, 0.5) is 0 Å². The van der Waals surface area contributed by atoms with E-state index in [1.165, 1.54) is 0 Å². The zero-order valence-corrected chi connectivity index (χ0v) is 33.1. The molecule has 0 atom stereocenters. The van der Waals surface area contributed by atoms with E-state index in [0.29, 0.717) is 35.2 Å². The van der Waals surface area contributed by atoms with Crippen LogP contribution >= 0.6 is 0 Å². The van der Waals surface area contributed by atoms with E-state index >= 15 is 0 Å². The summed E-state index contributed by atoms with van der Waals surface area (Å²) in [5, 5.41) is 4.23. The van der Waals surface area contributed by atoms with Gasteiger partial charge in [-0.15, -0.1) is 0 Å². The molecule has 290 valence electrons. The van der Waals surface area contributed by atoms with Crippen molar-refractivity contribution < 1.29 is 0 Å². The average Bonchev–Trinajstić information content (AvgIpc) is 3.88. The van der Waals surface area contributed by atoms with Crippen molar-refractivity contribution in [3.63, 3.8) is 0 Å². The zero-order valence-electron chi connectivity index (χ0n) is 33.1. The fourth-order valence-corrected chi connectivity index (χ4v) is 8.59. The molecule has 0 spiro atoms. The van der Waals surface area contributed by atoms with E-state index in [-0.39, 0.29) is 0 Å². The lowest BCUT2D eigenvalue weighted by molar-refractivity contribution is 0.951. The van der Waals surface area contributed by atoms with Gasteiger partial charge in [-0.1, -0.05) is 170 Å². The molecule has 9 nitrogen and oxygen atoms in total. The first-order valence-corrected chi connectivity index (χ1v) is 20.4. The fraction of sp³-hybridized carbons (Fsp3) is 0. The van der Waals surface area contributed by atoms with Gasteiger partial charge in [0.25, 0.3) is 0 Å². The average molecular weight is 796 g/mol. The molecule has 0 saturated carbocycles. The first-order valence-electron chi connectivity index (χ1n) is 20.4. The molecule has 0 N–H and O–H groups in total. The Morgan fingerprint density at radius 2 is 0.645 bits per heavy atom. The predicted molar refractivity (Wildman–Crippen MR) is 247 cm³/mol. The van der Waals surface area contributed by atoms with E-state index in [1.54, 1.807) is 0 Å². The van der Waals surface area contributed by atoms with Crippen molar-refractivity contribution in [2.24, 2.45) is 0 Å². The van der Waals surface area contributed by atoms with E-state index in [2.05, 4.69) is 75.9 Å². The Bertz CT molecular complexity index is 3260. The molecule has 0 aliphatic heterocycles. The van der Waals surface area contributed by atoms with E-state index < -0.39 is 0 Å². The van der Waals surface area contributed by atoms with Crippen molar-refractivity contribution in [2.45, 2.75) is 0 Å². The van der Waals surface area contributed by atoms with Gasteiger partial charge in [0.05, 0.1) is 28.3 Å². The number of fused-ring (bicyclic) bond motifs is 6. The molecule has 0 aliphatic carbocycles. The van der Waals surface area contributed by atoms with Crippen molar-refractivity contribution >= 4 is 43.6 Å². The zero-order chi connectivity index (χ0) is 41.0. The summed E-state index contributed by atoms with van der Waals surface area (Å²) in [7, 11) is 0. The third kappa shape index (κ3) is 5.83. The van der Waals surface area contributed by atoms with Crippen LogP contribution in [0.3, 0.4) is 0 Å². The van der Waals surface area contributed by atoms with E-state index in [9.17, 15) is 0 Å². The van der Waals surface area contributed by atoms with Gasteiger partial charge < -0.3 is 0 Å². The summed E-state index contributed by atoms with van der Waals surface area (Å²) in [6, 6.07) is 63.5. The molecule has 0 aliphatic rings. The van der Waals surface area contributed by atoms with Gasteiger partial charge in [0.1, 0.15) is 0 Å². The molecule has 62 heavy (non-hydrogen) atoms. The van der Waals surface area contributed by atoms with E-state index in [0.717, 1.165) is 77.0 Å². The summed E-state index contributed by atoms with van der Waals surface area (Å²) in [4.78, 5) is 35.5. The van der Waals surface area contributed by atoms with Gasteiger partial charge >= 0.3 is 0 Å². The summed E-state index contributed by atoms with van der Waals surface area (Å²) in [5.74, 6) is 3.42. The molecule has 0 radical (unpaired) electrons. The minimum absolute atomic E-state index is 0.510. The number of hydrogen-bond donors (Lipinski definition) is 0. The third-order valence-electron chi connectivity index (χ3n) is 11.3. The van der Waals surface area contributed by atoms with Crippen LogP contribution in [0.5, 0.6) is 0 Å². The minimum atomic E-state index is 0.510. The number of hydrogen-bond acceptors (Lipinski definition) is 7. The standard InChI is InChI=1S/C53H33N9/c1-5-18-34(19-6-1)48-55-49(35-20-7-2-8-21-35)58-52(57-48)61-42-29-15-13-26-39(42)46-38(28-17-31-44(46)61)41-32-54-33-45-47(41)40-27-14-16-30-43(40)62(45)53-59-50(36-22-9-3-10-23-36)56-51(60-53)37-24-11-4-12-25-37/h1-33H. The number of pyridine rings is 1. The van der Waals surface area contributed by atoms with Gasteiger partial charge in [-0.25, -0.2) is 9.97 Å². The molecule has 12 rings (SSSR count). The number of para-hydroxylation sites is 2. The molecule has 0 fully saturated rings. The van der Waals surface area contributed by atoms with Crippen molar-refractivity contribution in [1.29, 1.82) is 0 Å². The van der Waals surface area contributed by atoms with E-state index in [1.807, 2.05) is 134 Å². The molecule has 0 amide bonds. The highest BCUT2D eigenvalue weighted by Gasteiger charge is 2.24. The lowest BCUT2D eigenvalue weighted by atomic mass is 9.97. The van der Waals surface area contributed by atoms with Gasteiger partial charge in [0, 0.05) is 55.6 Å². The molecule has 9 heteroatoms. The monoisotopic (exact) mass is 795 g/mol. The number of rotatable bonds is 7. The Balaban J connectivity index is 1.12. The summed E-state index contributed by atoms with van der Waals surface area (Å²) in [6.45, 7) is 0. The van der Waals surface area contributed by atoms with Crippen LogP contribution in [0, 0.1) is 0 Å². The first kappa shape index (κ1) is 35.3. The maximum absolute atomic E-state index is 5.17. The Labute approximate surface area is 355 Å². The molecule has 7 aromatic carbocycles. The lowest BCUT2D eigenvalue weighted by Gasteiger charge is -2.12. The van der Waals surface area contributed by atoms with Crippen LogP contribution in [0.2, 0.25) is 0 Å². The summed E-state index contributed by atoms with van der Waals surface area (Å²) < 4.78 is 4.28. The van der Waals surface area contributed by atoms with Gasteiger partial charge in [0.15, 0.2) is 23.3 Å². The number of aromatic nitrogens is 9. The molecule has 0 saturated heterocycles.